The smallest absolute Gasteiger partial charge is 0.286 e. The molecule has 2 N–H and O–H groups in total. The zero-order chi connectivity index (χ0) is 19.9. The second kappa shape index (κ2) is 9.41. The molecule has 0 bridgehead atoms. The summed E-state index contributed by atoms with van der Waals surface area (Å²) >= 11 is 6.05. The Labute approximate surface area is 168 Å². The zero-order valence-corrected chi connectivity index (χ0v) is 16.1. The molecular formula is C20H22ClN3O4. The molecule has 7 nitrogen and oxygen atoms in total. The fraction of sp³-hybridized carbons (Fsp3) is 0.350. The molecule has 3 rings (SSSR count). The topological polar surface area (TPSA) is 91.6 Å². The van der Waals surface area contributed by atoms with E-state index < -0.39 is 0 Å². The van der Waals surface area contributed by atoms with Crippen molar-refractivity contribution in [2.24, 2.45) is 0 Å². The van der Waals surface area contributed by atoms with Gasteiger partial charge in [-0.15, -0.1) is 0 Å². The highest BCUT2D eigenvalue weighted by Gasteiger charge is 2.21. The molecule has 3 amide bonds. The van der Waals surface area contributed by atoms with E-state index in [2.05, 4.69) is 10.6 Å². The van der Waals surface area contributed by atoms with Gasteiger partial charge in [0.1, 0.15) is 0 Å². The van der Waals surface area contributed by atoms with E-state index in [-0.39, 0.29) is 36.4 Å². The molecule has 1 aliphatic heterocycles. The Morgan fingerprint density at radius 3 is 2.61 bits per heavy atom. The van der Waals surface area contributed by atoms with Gasteiger partial charge in [0.05, 0.1) is 17.5 Å². The van der Waals surface area contributed by atoms with E-state index in [0.29, 0.717) is 29.4 Å². The summed E-state index contributed by atoms with van der Waals surface area (Å²) < 4.78 is 4.99. The Morgan fingerprint density at radius 2 is 1.89 bits per heavy atom. The van der Waals surface area contributed by atoms with Crippen molar-refractivity contribution in [3.05, 3.63) is 52.9 Å². The molecule has 2 heterocycles. The highest BCUT2D eigenvalue weighted by atomic mass is 35.5. The molecule has 28 heavy (non-hydrogen) atoms. The first-order chi connectivity index (χ1) is 13.5. The van der Waals surface area contributed by atoms with Crippen LogP contribution in [0.1, 0.15) is 46.6 Å². The molecular weight excluding hydrogens is 382 g/mol. The summed E-state index contributed by atoms with van der Waals surface area (Å²) in [5, 5.41) is 5.77. The number of carbonyl (C=O) groups excluding carboxylic acids is 3. The lowest BCUT2D eigenvalue weighted by atomic mass is 10.1. The van der Waals surface area contributed by atoms with Crippen molar-refractivity contribution in [3.8, 4) is 0 Å². The summed E-state index contributed by atoms with van der Waals surface area (Å²) in [7, 11) is 0. The molecule has 0 unspecified atom stereocenters. The molecule has 8 heteroatoms. The number of furan rings is 1. The van der Waals surface area contributed by atoms with Crippen LogP contribution in [0, 0.1) is 0 Å². The molecule has 0 radical (unpaired) electrons. The van der Waals surface area contributed by atoms with Crippen molar-refractivity contribution in [1.29, 1.82) is 0 Å². The van der Waals surface area contributed by atoms with E-state index in [0.717, 1.165) is 19.3 Å². The minimum atomic E-state index is -0.387. The highest BCUT2D eigenvalue weighted by Crippen LogP contribution is 2.24. The second-order valence-electron chi connectivity index (χ2n) is 6.57. The molecule has 148 valence electrons. The van der Waals surface area contributed by atoms with E-state index in [9.17, 15) is 14.4 Å². The Hall–Kier alpha value is -2.80. The Kier molecular flexibility index (Phi) is 6.71. The molecule has 1 aliphatic rings. The largest absolute Gasteiger partial charge is 0.459 e. The van der Waals surface area contributed by atoms with E-state index in [4.69, 9.17) is 16.0 Å². The predicted molar refractivity (Wildman–Crippen MR) is 105 cm³/mol. The van der Waals surface area contributed by atoms with Gasteiger partial charge in [0.25, 0.3) is 11.8 Å². The summed E-state index contributed by atoms with van der Waals surface area (Å²) in [5.41, 5.74) is 0.796. The zero-order valence-electron chi connectivity index (χ0n) is 15.4. The van der Waals surface area contributed by atoms with Crippen LogP contribution in [0.15, 0.2) is 41.0 Å². The molecule has 0 atom stereocenters. The van der Waals surface area contributed by atoms with Crippen LogP contribution in [0.5, 0.6) is 0 Å². The fourth-order valence-electron chi connectivity index (χ4n) is 3.07. The lowest BCUT2D eigenvalue weighted by Crippen LogP contribution is -2.36. The van der Waals surface area contributed by atoms with E-state index >= 15 is 0 Å². The second-order valence-corrected chi connectivity index (χ2v) is 7.01. The van der Waals surface area contributed by atoms with Gasteiger partial charge in [0.15, 0.2) is 5.76 Å². The summed E-state index contributed by atoms with van der Waals surface area (Å²) in [6.07, 6.45) is 4.54. The lowest BCUT2D eigenvalue weighted by molar-refractivity contribution is -0.116. The van der Waals surface area contributed by atoms with Crippen molar-refractivity contribution in [2.45, 2.75) is 25.7 Å². The molecule has 1 saturated heterocycles. The summed E-state index contributed by atoms with van der Waals surface area (Å²) in [6.45, 7) is 1.57. The first-order valence-electron chi connectivity index (χ1n) is 9.25. The van der Waals surface area contributed by atoms with E-state index in [1.165, 1.54) is 6.26 Å². The number of anilines is 1. The number of halogens is 1. The quantitative estimate of drug-likeness (QED) is 0.773. The maximum absolute atomic E-state index is 12.8. The van der Waals surface area contributed by atoms with Crippen molar-refractivity contribution >= 4 is 35.0 Å². The van der Waals surface area contributed by atoms with Gasteiger partial charge < -0.3 is 20.0 Å². The standard InChI is InChI=1S/C20H22ClN3O4/c21-14-6-7-15(20(27)24-10-2-1-3-11-24)16(13-14)23-18(25)8-9-22-19(26)17-5-4-12-28-17/h4-7,12-13H,1-3,8-11H2,(H,22,26)(H,23,25). The average molecular weight is 404 g/mol. The van der Waals surface area contributed by atoms with Crippen LogP contribution < -0.4 is 10.6 Å². The first-order valence-corrected chi connectivity index (χ1v) is 9.63. The Balaban J connectivity index is 1.59. The van der Waals surface area contributed by atoms with Crippen molar-refractivity contribution in [2.75, 3.05) is 25.0 Å². The van der Waals surface area contributed by atoms with E-state index in [1.54, 1.807) is 35.2 Å². The van der Waals surface area contributed by atoms with Crippen molar-refractivity contribution < 1.29 is 18.8 Å². The van der Waals surface area contributed by atoms with Crippen LogP contribution in [-0.2, 0) is 4.79 Å². The maximum atomic E-state index is 12.8. The monoisotopic (exact) mass is 403 g/mol. The highest BCUT2D eigenvalue weighted by molar-refractivity contribution is 6.31. The van der Waals surface area contributed by atoms with Gasteiger partial charge in [-0.2, -0.15) is 0 Å². The number of amides is 3. The minimum Gasteiger partial charge on any atom is -0.459 e. The summed E-state index contributed by atoms with van der Waals surface area (Å²) in [5.74, 6) is -0.640. The van der Waals surface area contributed by atoms with Crippen LogP contribution in [0.2, 0.25) is 5.02 Å². The van der Waals surface area contributed by atoms with Crippen molar-refractivity contribution in [1.82, 2.24) is 10.2 Å². The number of hydrogen-bond donors (Lipinski definition) is 2. The SMILES string of the molecule is O=C(CCNC(=O)c1ccco1)Nc1cc(Cl)ccc1C(=O)N1CCCCC1. The predicted octanol–water partition coefficient (Wildman–Crippen LogP) is 3.32. The number of benzene rings is 1. The lowest BCUT2D eigenvalue weighted by Gasteiger charge is -2.27. The van der Waals surface area contributed by atoms with Crippen molar-refractivity contribution in [3.63, 3.8) is 0 Å². The van der Waals surface area contributed by atoms with Gasteiger partial charge in [-0.3, -0.25) is 14.4 Å². The summed E-state index contributed by atoms with van der Waals surface area (Å²) in [4.78, 5) is 38.7. The molecule has 1 aromatic carbocycles. The maximum Gasteiger partial charge on any atom is 0.286 e. The number of likely N-dealkylation sites (tertiary alicyclic amines) is 1. The van der Waals surface area contributed by atoms with Gasteiger partial charge >= 0.3 is 0 Å². The third-order valence-corrected chi connectivity index (χ3v) is 4.75. The number of nitrogens with zero attached hydrogens (tertiary/aromatic N) is 1. The van der Waals surface area contributed by atoms with Gasteiger partial charge in [0.2, 0.25) is 5.91 Å². The van der Waals surface area contributed by atoms with Crippen LogP contribution >= 0.6 is 11.6 Å². The average Bonchev–Trinajstić information content (AvgIpc) is 3.23. The normalized spacial score (nSPS) is 13.8. The van der Waals surface area contributed by atoms with Gasteiger partial charge in [0, 0.05) is 31.1 Å². The first kappa shape index (κ1) is 19.9. The van der Waals surface area contributed by atoms with Crippen LogP contribution in [0.3, 0.4) is 0 Å². The molecule has 1 fully saturated rings. The van der Waals surface area contributed by atoms with Crippen LogP contribution in [0.4, 0.5) is 5.69 Å². The summed E-state index contributed by atoms with van der Waals surface area (Å²) in [6, 6.07) is 7.99. The molecule has 0 saturated carbocycles. The third-order valence-electron chi connectivity index (χ3n) is 4.51. The molecule has 2 aromatic rings. The van der Waals surface area contributed by atoms with Gasteiger partial charge in [-0.1, -0.05) is 11.6 Å². The molecule has 0 spiro atoms. The molecule has 1 aromatic heterocycles. The van der Waals surface area contributed by atoms with Crippen LogP contribution in [0.25, 0.3) is 0 Å². The fourth-order valence-corrected chi connectivity index (χ4v) is 3.24. The Morgan fingerprint density at radius 1 is 1.11 bits per heavy atom. The third kappa shape index (κ3) is 5.13. The minimum absolute atomic E-state index is 0.0519. The van der Waals surface area contributed by atoms with Gasteiger partial charge in [-0.05, 0) is 49.6 Å². The van der Waals surface area contributed by atoms with Crippen LogP contribution in [-0.4, -0.2) is 42.3 Å². The number of hydrogen-bond acceptors (Lipinski definition) is 4. The molecule has 0 aliphatic carbocycles. The van der Waals surface area contributed by atoms with Gasteiger partial charge in [-0.25, -0.2) is 0 Å². The Bertz CT molecular complexity index is 845. The van der Waals surface area contributed by atoms with E-state index in [1.807, 2.05) is 0 Å². The number of piperidine rings is 1. The number of rotatable bonds is 6. The number of carbonyl (C=O) groups is 3. The number of nitrogens with one attached hydrogen (secondary N) is 2.